The molecule has 0 atom stereocenters. The smallest absolute Gasteiger partial charge is 0.151 e. The maximum absolute atomic E-state index is 10.7. The Kier molecular flexibility index (Phi) is 4.79. The third-order valence-electron chi connectivity index (χ3n) is 0.805. The summed E-state index contributed by atoms with van der Waals surface area (Å²) in [5.74, 6) is 1.12. The van der Waals surface area contributed by atoms with Crippen LogP contribution in [0.3, 0.4) is 0 Å². The Bertz CT molecular complexity index is 137. The molecular weight excluding hydrogens is 176 g/mol. The van der Waals surface area contributed by atoms with E-state index >= 15 is 0 Å². The molecule has 56 valence electrons. The van der Waals surface area contributed by atoms with Crippen LogP contribution in [0.5, 0.6) is 0 Å². The zero-order valence-electron chi connectivity index (χ0n) is 4.95. The molecule has 0 N–H and O–H groups in total. The highest BCUT2D eigenvalue weighted by Crippen LogP contribution is 1.92. The van der Waals surface area contributed by atoms with E-state index in [1.807, 2.05) is 0 Å². The fourth-order valence-corrected chi connectivity index (χ4v) is 2.81. The van der Waals surface area contributed by atoms with Crippen molar-refractivity contribution >= 4 is 35.1 Å². The van der Waals surface area contributed by atoms with Crippen LogP contribution in [0.25, 0.3) is 0 Å². The van der Waals surface area contributed by atoms with Crippen LogP contribution in [0.15, 0.2) is 0 Å². The second-order valence-electron chi connectivity index (χ2n) is 1.60. The van der Waals surface area contributed by atoms with Crippen LogP contribution in [-0.4, -0.2) is 31.4 Å². The lowest BCUT2D eigenvalue weighted by molar-refractivity contribution is 0.599. The van der Waals surface area contributed by atoms with Gasteiger partial charge in [0.1, 0.15) is 0 Å². The molecule has 5 heteroatoms. The minimum atomic E-state index is -2.83. The van der Waals surface area contributed by atoms with Crippen molar-refractivity contribution in [3.05, 3.63) is 0 Å². The molecule has 0 aliphatic carbocycles. The Labute approximate surface area is 66.8 Å². The Morgan fingerprint density at radius 3 is 1.56 bits per heavy atom. The van der Waals surface area contributed by atoms with Gasteiger partial charge in [0, 0.05) is 11.5 Å². The van der Waals surface area contributed by atoms with Crippen molar-refractivity contribution in [1.29, 1.82) is 0 Å². The molecule has 0 fully saturated rings. The van der Waals surface area contributed by atoms with Crippen LogP contribution in [0, 0.1) is 0 Å². The molecule has 0 unspecified atom stereocenters. The van der Waals surface area contributed by atoms with E-state index in [0.29, 0.717) is 11.5 Å². The normalized spacial score (nSPS) is 11.8. The molecule has 0 amide bonds. The van der Waals surface area contributed by atoms with Gasteiger partial charge in [-0.25, -0.2) is 8.42 Å². The van der Waals surface area contributed by atoms with Crippen LogP contribution in [0.4, 0.5) is 0 Å². The number of sulfone groups is 1. The molecule has 0 aliphatic rings. The summed E-state index contributed by atoms with van der Waals surface area (Å²) in [5, 5.41) is 0. The van der Waals surface area contributed by atoms with Crippen LogP contribution in [0.1, 0.15) is 0 Å². The van der Waals surface area contributed by atoms with Crippen LogP contribution < -0.4 is 0 Å². The van der Waals surface area contributed by atoms with Crippen molar-refractivity contribution in [1.82, 2.24) is 0 Å². The van der Waals surface area contributed by atoms with Crippen LogP contribution in [0.2, 0.25) is 0 Å². The van der Waals surface area contributed by atoms with Gasteiger partial charge in [-0.1, -0.05) is 0 Å². The molecule has 0 saturated carbocycles. The average molecular weight is 186 g/mol. The Balaban J connectivity index is 3.73. The summed E-state index contributed by atoms with van der Waals surface area (Å²) in [6, 6.07) is 0. The van der Waals surface area contributed by atoms with Crippen molar-refractivity contribution in [2.24, 2.45) is 0 Å². The molecule has 0 rings (SSSR count). The molecule has 0 saturated heterocycles. The number of hydrogen-bond acceptors (Lipinski definition) is 4. The molecule has 0 bridgehead atoms. The average Bonchev–Trinajstić information content (AvgIpc) is 1.64. The van der Waals surface area contributed by atoms with Crippen molar-refractivity contribution in [2.75, 3.05) is 23.0 Å². The van der Waals surface area contributed by atoms with E-state index in [2.05, 4.69) is 25.3 Å². The van der Waals surface area contributed by atoms with Gasteiger partial charge in [0.2, 0.25) is 0 Å². The number of thiol groups is 2. The Hall–Kier alpha value is 0.650. The van der Waals surface area contributed by atoms with E-state index in [4.69, 9.17) is 0 Å². The largest absolute Gasteiger partial charge is 0.229 e. The van der Waals surface area contributed by atoms with Gasteiger partial charge in [0.05, 0.1) is 11.5 Å². The predicted octanol–water partition coefficient (Wildman–Crippen LogP) is 0.261. The van der Waals surface area contributed by atoms with Gasteiger partial charge < -0.3 is 0 Å². The van der Waals surface area contributed by atoms with Gasteiger partial charge in [0.25, 0.3) is 0 Å². The Morgan fingerprint density at radius 2 is 1.33 bits per heavy atom. The first-order valence-electron chi connectivity index (χ1n) is 2.54. The zero-order chi connectivity index (χ0) is 7.33. The minimum Gasteiger partial charge on any atom is -0.229 e. The Morgan fingerprint density at radius 1 is 1.00 bits per heavy atom. The van der Waals surface area contributed by atoms with Crippen LogP contribution >= 0.6 is 25.3 Å². The maximum atomic E-state index is 10.7. The highest BCUT2D eigenvalue weighted by molar-refractivity contribution is 7.93. The van der Waals surface area contributed by atoms with Gasteiger partial charge in [0.15, 0.2) is 9.84 Å². The number of rotatable bonds is 4. The lowest BCUT2D eigenvalue weighted by Gasteiger charge is -1.96. The van der Waals surface area contributed by atoms with Gasteiger partial charge in [-0.15, -0.1) is 0 Å². The van der Waals surface area contributed by atoms with E-state index in [9.17, 15) is 8.42 Å². The molecule has 9 heavy (non-hydrogen) atoms. The third kappa shape index (κ3) is 5.11. The van der Waals surface area contributed by atoms with E-state index < -0.39 is 9.84 Å². The fraction of sp³-hybridized carbons (Fsp3) is 1.00. The molecule has 0 aromatic rings. The first-order valence-corrected chi connectivity index (χ1v) is 5.63. The van der Waals surface area contributed by atoms with E-state index in [0.717, 1.165) is 0 Å². The van der Waals surface area contributed by atoms with E-state index in [1.165, 1.54) is 0 Å². The third-order valence-corrected chi connectivity index (χ3v) is 3.51. The second-order valence-corrected chi connectivity index (χ2v) is 4.80. The molecular formula is C4H10O2S3. The molecule has 0 aromatic carbocycles. The second kappa shape index (κ2) is 4.46. The van der Waals surface area contributed by atoms with Gasteiger partial charge in [-0.2, -0.15) is 25.3 Å². The molecule has 2 nitrogen and oxygen atoms in total. The summed E-state index contributed by atoms with van der Waals surface area (Å²) >= 11 is 7.61. The molecule has 0 aromatic heterocycles. The van der Waals surface area contributed by atoms with Crippen molar-refractivity contribution in [3.63, 3.8) is 0 Å². The lowest BCUT2D eigenvalue weighted by atomic mass is 10.9. The molecule has 0 aliphatic heterocycles. The molecule has 0 spiro atoms. The highest BCUT2D eigenvalue weighted by Gasteiger charge is 2.06. The molecule has 0 radical (unpaired) electrons. The SMILES string of the molecule is O=S(=O)(CCS)CCS. The lowest BCUT2D eigenvalue weighted by Crippen LogP contribution is -2.12. The first-order chi connectivity index (χ1) is 4.12. The summed E-state index contributed by atoms with van der Waals surface area (Å²) in [7, 11) is -2.83. The van der Waals surface area contributed by atoms with E-state index in [-0.39, 0.29) is 11.5 Å². The quantitative estimate of drug-likeness (QED) is 0.618. The molecule has 0 heterocycles. The topological polar surface area (TPSA) is 34.1 Å². The maximum Gasteiger partial charge on any atom is 0.151 e. The zero-order valence-corrected chi connectivity index (χ0v) is 7.55. The van der Waals surface area contributed by atoms with Gasteiger partial charge >= 0.3 is 0 Å². The van der Waals surface area contributed by atoms with Gasteiger partial charge in [-0.05, 0) is 0 Å². The summed E-state index contributed by atoms with van der Waals surface area (Å²) in [6.45, 7) is 0. The van der Waals surface area contributed by atoms with E-state index in [1.54, 1.807) is 0 Å². The first kappa shape index (κ1) is 9.65. The van der Waals surface area contributed by atoms with Crippen molar-refractivity contribution < 1.29 is 8.42 Å². The standard InChI is InChI=1S/C4H10O2S3/c5-9(6,3-1-7)4-2-8/h7-8H,1-4H2. The monoisotopic (exact) mass is 186 g/mol. The number of hydrogen-bond donors (Lipinski definition) is 2. The summed E-state index contributed by atoms with van der Waals surface area (Å²) in [4.78, 5) is 0. The van der Waals surface area contributed by atoms with Crippen molar-refractivity contribution in [3.8, 4) is 0 Å². The van der Waals surface area contributed by atoms with Crippen molar-refractivity contribution in [2.45, 2.75) is 0 Å². The van der Waals surface area contributed by atoms with Gasteiger partial charge in [-0.3, -0.25) is 0 Å². The summed E-state index contributed by atoms with van der Waals surface area (Å²) in [5.41, 5.74) is 0. The predicted molar refractivity (Wildman–Crippen MR) is 46.4 cm³/mol. The minimum absolute atomic E-state index is 0.163. The fourth-order valence-electron chi connectivity index (χ4n) is 0.380. The summed E-state index contributed by atoms with van der Waals surface area (Å²) in [6.07, 6.45) is 0. The summed E-state index contributed by atoms with van der Waals surface area (Å²) < 4.78 is 21.5. The van der Waals surface area contributed by atoms with Crippen LogP contribution in [-0.2, 0) is 9.84 Å². The highest BCUT2D eigenvalue weighted by atomic mass is 32.2.